The SMILES string of the molecule is COc1cc(OC)c2c(-c3ccccc3)c(C)[nH]c2c1-c1cc(Cl)ccc1/C=N\Oc1ccc([N+](=O)[O-])cc1[N+](=O)[O-]. The van der Waals surface area contributed by atoms with Gasteiger partial charge in [-0.25, -0.2) is 0 Å². The highest BCUT2D eigenvalue weighted by Gasteiger charge is 2.24. The van der Waals surface area contributed by atoms with Crippen LogP contribution >= 0.6 is 11.6 Å². The van der Waals surface area contributed by atoms with Crippen molar-refractivity contribution < 1.29 is 24.2 Å². The van der Waals surface area contributed by atoms with E-state index in [1.54, 1.807) is 38.5 Å². The number of non-ortho nitro benzene ring substituents is 1. The molecule has 0 atom stereocenters. The molecule has 0 amide bonds. The van der Waals surface area contributed by atoms with E-state index in [1.165, 1.54) is 6.21 Å². The van der Waals surface area contributed by atoms with Crippen LogP contribution < -0.4 is 14.3 Å². The zero-order valence-electron chi connectivity index (χ0n) is 22.6. The summed E-state index contributed by atoms with van der Waals surface area (Å²) in [6.07, 6.45) is 1.38. The molecule has 0 radical (unpaired) electrons. The number of nitro groups is 2. The van der Waals surface area contributed by atoms with Gasteiger partial charge < -0.3 is 19.3 Å². The van der Waals surface area contributed by atoms with E-state index in [1.807, 2.05) is 37.3 Å². The van der Waals surface area contributed by atoms with Crippen LogP contribution in [-0.2, 0) is 0 Å². The van der Waals surface area contributed by atoms with Crippen molar-refractivity contribution in [3.63, 3.8) is 0 Å². The number of H-pyrrole nitrogens is 1. The van der Waals surface area contributed by atoms with Gasteiger partial charge in [-0.1, -0.05) is 53.2 Å². The molecular formula is C30H23ClN4O7. The van der Waals surface area contributed by atoms with Gasteiger partial charge in [-0.2, -0.15) is 0 Å². The molecule has 212 valence electrons. The number of oxime groups is 1. The van der Waals surface area contributed by atoms with Crippen LogP contribution in [-0.4, -0.2) is 35.3 Å². The molecule has 0 saturated carbocycles. The molecule has 42 heavy (non-hydrogen) atoms. The maximum atomic E-state index is 11.5. The number of hydrogen-bond acceptors (Lipinski definition) is 8. The van der Waals surface area contributed by atoms with Crippen LogP contribution in [0.4, 0.5) is 11.4 Å². The van der Waals surface area contributed by atoms with E-state index in [2.05, 4.69) is 10.1 Å². The van der Waals surface area contributed by atoms with Crippen molar-refractivity contribution in [2.24, 2.45) is 5.16 Å². The highest BCUT2D eigenvalue weighted by Crippen LogP contribution is 2.47. The summed E-state index contributed by atoms with van der Waals surface area (Å²) in [7, 11) is 3.14. The van der Waals surface area contributed by atoms with Crippen LogP contribution in [0.5, 0.6) is 17.2 Å². The summed E-state index contributed by atoms with van der Waals surface area (Å²) in [5.74, 6) is 0.859. The average molecular weight is 587 g/mol. The zero-order valence-corrected chi connectivity index (χ0v) is 23.3. The maximum absolute atomic E-state index is 11.5. The van der Waals surface area contributed by atoms with Gasteiger partial charge in [0.05, 0.1) is 47.3 Å². The summed E-state index contributed by atoms with van der Waals surface area (Å²) in [4.78, 5) is 29.9. The quantitative estimate of drug-likeness (QED) is 0.106. The zero-order chi connectivity index (χ0) is 30.0. The number of aromatic nitrogens is 1. The summed E-state index contributed by atoms with van der Waals surface area (Å²) in [6, 6.07) is 19.9. The Bertz CT molecular complexity index is 1870. The fourth-order valence-electron chi connectivity index (χ4n) is 4.84. The van der Waals surface area contributed by atoms with Crippen molar-refractivity contribution >= 4 is 40.1 Å². The Morgan fingerprint density at radius 3 is 2.26 bits per heavy atom. The molecule has 1 aromatic heterocycles. The number of nitrogens with one attached hydrogen (secondary N) is 1. The Hall–Kier alpha value is -5.42. The van der Waals surface area contributed by atoms with Crippen LogP contribution in [0.3, 0.4) is 0 Å². The minimum absolute atomic E-state index is 0.255. The molecular weight excluding hydrogens is 564 g/mol. The van der Waals surface area contributed by atoms with E-state index >= 15 is 0 Å². The second kappa shape index (κ2) is 11.6. The molecule has 0 aliphatic rings. The fourth-order valence-corrected chi connectivity index (χ4v) is 5.01. The molecule has 12 heteroatoms. The third kappa shape index (κ3) is 5.20. The first-order valence-corrected chi connectivity index (χ1v) is 12.9. The van der Waals surface area contributed by atoms with Crippen LogP contribution in [0, 0.1) is 27.2 Å². The van der Waals surface area contributed by atoms with Gasteiger partial charge in [0.15, 0.2) is 0 Å². The topological polar surface area (TPSA) is 142 Å². The predicted molar refractivity (Wildman–Crippen MR) is 160 cm³/mol. The largest absolute Gasteiger partial charge is 0.496 e. The number of aromatic amines is 1. The number of halogens is 1. The van der Waals surface area contributed by atoms with Gasteiger partial charge in [0.1, 0.15) is 11.5 Å². The Kier molecular flexibility index (Phi) is 7.76. The Labute approximate surface area is 244 Å². The van der Waals surface area contributed by atoms with Crippen LogP contribution in [0.15, 0.2) is 78.0 Å². The summed E-state index contributed by atoms with van der Waals surface area (Å²) in [6.45, 7) is 1.98. The molecule has 1 heterocycles. The van der Waals surface area contributed by atoms with E-state index in [4.69, 9.17) is 25.9 Å². The summed E-state index contributed by atoms with van der Waals surface area (Å²) in [5, 5.41) is 27.8. The van der Waals surface area contributed by atoms with Gasteiger partial charge in [-0.15, -0.1) is 0 Å². The maximum Gasteiger partial charge on any atom is 0.321 e. The molecule has 0 aliphatic carbocycles. The third-order valence-corrected chi connectivity index (χ3v) is 6.91. The van der Waals surface area contributed by atoms with Crippen molar-refractivity contribution in [1.29, 1.82) is 0 Å². The number of nitro benzene ring substituents is 2. The van der Waals surface area contributed by atoms with Crippen LogP contribution in [0.2, 0.25) is 5.02 Å². The molecule has 0 saturated heterocycles. The Balaban J connectivity index is 1.66. The van der Waals surface area contributed by atoms with Crippen molar-refractivity contribution in [1.82, 2.24) is 4.98 Å². The van der Waals surface area contributed by atoms with Crippen molar-refractivity contribution in [3.05, 3.63) is 109 Å². The molecule has 5 aromatic rings. The van der Waals surface area contributed by atoms with E-state index in [0.717, 1.165) is 45.9 Å². The monoisotopic (exact) mass is 586 g/mol. The standard InChI is InChI=1S/C30H23ClN4O7/c1-17-27(18-7-5-4-6-8-18)29-26(41-3)15-25(40-2)28(30(29)33-17)22-13-20(31)10-9-19(22)16-32-42-24-12-11-21(34(36)37)14-23(24)35(38)39/h4-16,33H,1-3H3/b32-16-. The normalized spacial score (nSPS) is 11.1. The summed E-state index contributed by atoms with van der Waals surface area (Å²) >= 11 is 6.45. The smallest absolute Gasteiger partial charge is 0.321 e. The molecule has 1 N–H and O–H groups in total. The first-order chi connectivity index (χ1) is 20.2. The highest BCUT2D eigenvalue weighted by atomic mass is 35.5. The lowest BCUT2D eigenvalue weighted by molar-refractivity contribution is -0.394. The molecule has 4 aromatic carbocycles. The Morgan fingerprint density at radius 2 is 1.60 bits per heavy atom. The first kappa shape index (κ1) is 28.1. The number of methoxy groups -OCH3 is 2. The second-order valence-corrected chi connectivity index (χ2v) is 9.56. The van der Waals surface area contributed by atoms with Gasteiger partial charge in [0.2, 0.25) is 5.75 Å². The fraction of sp³-hybridized carbons (Fsp3) is 0.100. The number of aryl methyl sites for hydroxylation is 1. The highest BCUT2D eigenvalue weighted by molar-refractivity contribution is 6.31. The molecule has 0 fully saturated rings. The van der Waals surface area contributed by atoms with Gasteiger partial charge in [0, 0.05) is 39.5 Å². The lowest BCUT2D eigenvalue weighted by Crippen LogP contribution is -1.98. The van der Waals surface area contributed by atoms with Gasteiger partial charge in [-0.05, 0) is 36.2 Å². The second-order valence-electron chi connectivity index (χ2n) is 9.12. The number of nitrogens with zero attached hydrogens (tertiary/aromatic N) is 3. The van der Waals surface area contributed by atoms with Gasteiger partial charge >= 0.3 is 5.69 Å². The van der Waals surface area contributed by atoms with E-state index in [9.17, 15) is 20.2 Å². The van der Waals surface area contributed by atoms with E-state index in [0.29, 0.717) is 33.2 Å². The van der Waals surface area contributed by atoms with E-state index < -0.39 is 21.2 Å². The van der Waals surface area contributed by atoms with Gasteiger partial charge in [-0.3, -0.25) is 20.2 Å². The first-order valence-electron chi connectivity index (χ1n) is 12.5. The van der Waals surface area contributed by atoms with Gasteiger partial charge in [0.25, 0.3) is 5.69 Å². The predicted octanol–water partition coefficient (Wildman–Crippen LogP) is 7.71. The molecule has 5 rings (SSSR count). The van der Waals surface area contributed by atoms with Crippen LogP contribution in [0.1, 0.15) is 11.3 Å². The number of fused-ring (bicyclic) bond motifs is 1. The molecule has 0 spiro atoms. The lowest BCUT2D eigenvalue weighted by Gasteiger charge is -2.16. The van der Waals surface area contributed by atoms with E-state index in [-0.39, 0.29) is 5.75 Å². The number of rotatable bonds is 9. The minimum atomic E-state index is -0.775. The number of hydrogen-bond donors (Lipinski definition) is 1. The third-order valence-electron chi connectivity index (χ3n) is 6.67. The molecule has 0 aliphatic heterocycles. The number of benzene rings is 4. The minimum Gasteiger partial charge on any atom is -0.496 e. The lowest BCUT2D eigenvalue weighted by atomic mass is 9.94. The molecule has 0 bridgehead atoms. The van der Waals surface area contributed by atoms with Crippen molar-refractivity contribution in [2.75, 3.05) is 14.2 Å². The molecule has 11 nitrogen and oxygen atoms in total. The number of ether oxygens (including phenoxy) is 2. The molecule has 0 unspecified atom stereocenters. The summed E-state index contributed by atoms with van der Waals surface area (Å²) < 4.78 is 11.6. The van der Waals surface area contributed by atoms with Crippen molar-refractivity contribution in [3.8, 4) is 39.5 Å². The van der Waals surface area contributed by atoms with Crippen molar-refractivity contribution in [2.45, 2.75) is 6.92 Å². The Morgan fingerprint density at radius 1 is 0.857 bits per heavy atom. The van der Waals surface area contributed by atoms with Crippen LogP contribution in [0.25, 0.3) is 33.2 Å². The summed E-state index contributed by atoms with van der Waals surface area (Å²) in [5.41, 5.74) is 4.47. The average Bonchev–Trinajstić information content (AvgIpc) is 3.33.